The van der Waals surface area contributed by atoms with Gasteiger partial charge in [-0.1, -0.05) is 13.3 Å². The molecule has 4 N–H and O–H groups in total. The summed E-state index contributed by atoms with van der Waals surface area (Å²) >= 11 is 1.71. The smallest absolute Gasteiger partial charge is 0.232 e. The largest absolute Gasteiger partial charge is 0.371 e. The first-order valence-corrected chi connectivity index (χ1v) is 12.8. The van der Waals surface area contributed by atoms with Crippen molar-refractivity contribution in [1.82, 2.24) is 9.71 Å². The van der Waals surface area contributed by atoms with Crippen molar-refractivity contribution in [2.45, 2.75) is 69.7 Å². The summed E-state index contributed by atoms with van der Waals surface area (Å²) in [5.74, 6) is 1.47. The van der Waals surface area contributed by atoms with Crippen LogP contribution in [-0.4, -0.2) is 36.6 Å². The highest BCUT2D eigenvalue weighted by molar-refractivity contribution is 7.97. The second-order valence-corrected chi connectivity index (χ2v) is 10.5. The lowest BCUT2D eigenvalue weighted by molar-refractivity contribution is -0.119. The van der Waals surface area contributed by atoms with Crippen LogP contribution in [0.1, 0.15) is 59.3 Å². The highest BCUT2D eigenvalue weighted by atomic mass is 32.2. The van der Waals surface area contributed by atoms with Crippen molar-refractivity contribution in [3.05, 3.63) is 24.3 Å². The number of carbonyl (C=O) groups is 1. The molecule has 0 bridgehead atoms. The fourth-order valence-corrected chi connectivity index (χ4v) is 5.07. The van der Waals surface area contributed by atoms with E-state index in [4.69, 9.17) is 4.98 Å². The van der Waals surface area contributed by atoms with Gasteiger partial charge >= 0.3 is 0 Å². The van der Waals surface area contributed by atoms with Crippen molar-refractivity contribution in [3.63, 3.8) is 0 Å². The lowest BCUT2D eigenvalue weighted by Crippen LogP contribution is -2.24. The maximum Gasteiger partial charge on any atom is 0.232 e. The summed E-state index contributed by atoms with van der Waals surface area (Å²) in [6.45, 7) is 8.74. The molecule has 6 nitrogen and oxygen atoms in total. The van der Waals surface area contributed by atoms with Crippen LogP contribution in [0.25, 0.3) is 10.9 Å². The summed E-state index contributed by atoms with van der Waals surface area (Å²) in [4.78, 5) is 21.0. The van der Waals surface area contributed by atoms with Gasteiger partial charge in [-0.15, -0.1) is 0 Å². The number of fused-ring (bicyclic) bond motifs is 2. The molecule has 0 unspecified atom stereocenters. The van der Waals surface area contributed by atoms with Crippen LogP contribution in [0.4, 0.5) is 11.5 Å². The highest BCUT2D eigenvalue weighted by Gasteiger charge is 2.74. The van der Waals surface area contributed by atoms with E-state index in [1.54, 1.807) is 11.9 Å². The minimum Gasteiger partial charge on any atom is -0.371 e. The molecule has 174 valence electrons. The zero-order valence-corrected chi connectivity index (χ0v) is 20.6. The van der Waals surface area contributed by atoms with Gasteiger partial charge < -0.3 is 16.0 Å². The average molecular weight is 456 g/mol. The number of anilines is 2. The van der Waals surface area contributed by atoms with Crippen LogP contribution in [0, 0.1) is 11.3 Å². The number of hydrogen-bond donors (Lipinski definition) is 3. The number of hydrogen-bond acceptors (Lipinski definition) is 6. The Labute approximate surface area is 196 Å². The van der Waals surface area contributed by atoms with Gasteiger partial charge in [0, 0.05) is 34.6 Å². The molecule has 3 aliphatic rings. The van der Waals surface area contributed by atoms with Gasteiger partial charge in [0.05, 0.1) is 10.9 Å². The maximum absolute atomic E-state index is 12.5. The average Bonchev–Trinajstić information content (AvgIpc) is 3.70. The summed E-state index contributed by atoms with van der Waals surface area (Å²) in [5.41, 5.74) is 6.91. The summed E-state index contributed by atoms with van der Waals surface area (Å²) in [5, 5.41) is 4.23. The molecule has 7 heteroatoms. The van der Waals surface area contributed by atoms with Gasteiger partial charge in [0.25, 0.3) is 0 Å². The lowest BCUT2D eigenvalue weighted by Gasteiger charge is -2.25. The first-order chi connectivity index (χ1) is 15.5. The number of nitrogens with one attached hydrogen (secondary N) is 2. The molecular formula is C25H37N5OS. The van der Waals surface area contributed by atoms with Crippen molar-refractivity contribution in [3.8, 4) is 0 Å². The predicted molar refractivity (Wildman–Crippen MR) is 135 cm³/mol. The second-order valence-electron chi connectivity index (χ2n) is 9.62. The first-order valence-electron chi connectivity index (χ1n) is 12.0. The Morgan fingerprint density at radius 3 is 2.56 bits per heavy atom. The van der Waals surface area contributed by atoms with Crippen molar-refractivity contribution in [1.29, 1.82) is 0 Å². The summed E-state index contributed by atoms with van der Waals surface area (Å²) in [6, 6.07) is 8.54. The Morgan fingerprint density at radius 1 is 1.25 bits per heavy atom. The molecule has 32 heavy (non-hydrogen) atoms. The summed E-state index contributed by atoms with van der Waals surface area (Å²) in [6.07, 6.45) is 6.94. The summed E-state index contributed by atoms with van der Waals surface area (Å²) in [7, 11) is 1.50. The van der Waals surface area contributed by atoms with Crippen LogP contribution < -0.4 is 20.7 Å². The molecule has 5 rings (SSSR count). The number of benzene rings is 1. The molecule has 1 aromatic heterocycles. The number of carbonyl (C=O) groups excluding carboxylic acids is 1. The number of amides is 1. The minimum absolute atomic E-state index is 0.0394. The Hall–Kier alpha value is -1.83. The van der Waals surface area contributed by atoms with Crippen molar-refractivity contribution >= 4 is 40.3 Å². The van der Waals surface area contributed by atoms with Crippen molar-refractivity contribution < 1.29 is 4.79 Å². The monoisotopic (exact) mass is 455 g/mol. The normalized spacial score (nSPS) is 23.6. The topological polar surface area (TPSA) is 83.3 Å². The van der Waals surface area contributed by atoms with Crippen LogP contribution in [0.5, 0.6) is 0 Å². The molecule has 0 radical (unpaired) electrons. The summed E-state index contributed by atoms with van der Waals surface area (Å²) < 4.78 is 3.62. The molecule has 0 atom stereocenters. The van der Waals surface area contributed by atoms with E-state index in [1.807, 2.05) is 6.07 Å². The zero-order chi connectivity index (χ0) is 22.9. The van der Waals surface area contributed by atoms with E-state index in [1.165, 1.54) is 43.3 Å². The molecule has 1 amide bonds. The number of nitrogens with two attached hydrogens (primary N) is 1. The fraction of sp³-hybridized carbons (Fsp3) is 0.600. The van der Waals surface area contributed by atoms with E-state index in [0.29, 0.717) is 11.7 Å². The highest BCUT2D eigenvalue weighted by Crippen LogP contribution is 2.75. The van der Waals surface area contributed by atoms with Crippen LogP contribution in [0.3, 0.4) is 0 Å². The third kappa shape index (κ3) is 4.75. The van der Waals surface area contributed by atoms with Gasteiger partial charge in [0.1, 0.15) is 5.82 Å². The molecular weight excluding hydrogens is 418 g/mol. The molecule has 0 spiro atoms. The van der Waals surface area contributed by atoms with Crippen LogP contribution >= 0.6 is 11.9 Å². The Kier molecular flexibility index (Phi) is 6.71. The molecule has 3 saturated carbocycles. The maximum atomic E-state index is 12.5. The van der Waals surface area contributed by atoms with E-state index in [9.17, 15) is 4.79 Å². The number of unbranched alkanes of at least 4 members (excludes halogenated alkanes) is 1. The van der Waals surface area contributed by atoms with Gasteiger partial charge in [-0.2, -0.15) is 0 Å². The number of pyridine rings is 1. The molecule has 1 aromatic carbocycles. The van der Waals surface area contributed by atoms with Gasteiger partial charge in [0.15, 0.2) is 0 Å². The van der Waals surface area contributed by atoms with Gasteiger partial charge in [0.2, 0.25) is 5.91 Å². The van der Waals surface area contributed by atoms with Crippen LogP contribution in [0.15, 0.2) is 29.2 Å². The van der Waals surface area contributed by atoms with E-state index in [0.717, 1.165) is 36.8 Å². The number of nitrogens with zero attached hydrogens (tertiary/aromatic N) is 2. The Morgan fingerprint density at radius 2 is 1.97 bits per heavy atom. The van der Waals surface area contributed by atoms with Gasteiger partial charge in [-0.25, -0.2) is 4.98 Å². The number of rotatable bonds is 10. The van der Waals surface area contributed by atoms with Gasteiger partial charge in [-0.05, 0) is 95.1 Å². The minimum atomic E-state index is -0.0394. The molecule has 3 aliphatic carbocycles. The Balaban J connectivity index is 0.00000119. The van der Waals surface area contributed by atoms with Crippen LogP contribution in [-0.2, 0) is 4.79 Å². The molecule has 1 heterocycles. The van der Waals surface area contributed by atoms with Gasteiger partial charge in [-0.3, -0.25) is 9.52 Å². The first kappa shape index (κ1) is 23.3. The molecule has 2 aromatic rings. The Bertz CT molecular complexity index is 984. The predicted octanol–water partition coefficient (Wildman–Crippen LogP) is 4.93. The molecule has 3 fully saturated rings. The van der Waals surface area contributed by atoms with Crippen LogP contribution in [0.2, 0.25) is 0 Å². The third-order valence-corrected chi connectivity index (χ3v) is 8.12. The zero-order valence-electron chi connectivity index (χ0n) is 19.8. The van der Waals surface area contributed by atoms with E-state index >= 15 is 0 Å². The lowest BCUT2D eigenvalue weighted by atomic mass is 10.1. The number of aromatic nitrogens is 1. The van der Waals surface area contributed by atoms with E-state index < -0.39 is 0 Å². The quantitative estimate of drug-likeness (QED) is 0.441. The van der Waals surface area contributed by atoms with Crippen molar-refractivity contribution in [2.24, 2.45) is 17.1 Å². The molecule has 0 aliphatic heterocycles. The second kappa shape index (κ2) is 9.20. The van der Waals surface area contributed by atoms with Crippen molar-refractivity contribution in [2.75, 3.05) is 30.4 Å². The van der Waals surface area contributed by atoms with E-state index in [2.05, 4.69) is 59.6 Å². The standard InChI is InChI=1S/C24H32N4OS.CH5N/c1-4-6-11-28(5-2)20-13-17(30-27-23(3)9-10-23)12-19-18(20)7-8-21(25-19)26-22(29)24-14-16(24)15-24;1-2/h7-8,12-13,16,27H,4-6,9-11,14-15H2,1-3H3,(H,25,26,29);2H2,1H3. The third-order valence-electron chi connectivity index (χ3n) is 7.05. The van der Waals surface area contributed by atoms with E-state index in [-0.39, 0.29) is 16.9 Å². The SMILES string of the molecule is CCCCN(CC)c1cc(SNC2(C)CC2)cc2nc(NC(=O)C34CC3C4)ccc12.CN. The fourth-order valence-electron chi connectivity index (χ4n) is 4.16. The molecule has 0 saturated heterocycles.